The van der Waals surface area contributed by atoms with Crippen LogP contribution in [0.2, 0.25) is 0 Å². The first-order valence-electron chi connectivity index (χ1n) is 20.9. The van der Waals surface area contributed by atoms with Gasteiger partial charge in [-0.2, -0.15) is 0 Å². The van der Waals surface area contributed by atoms with Gasteiger partial charge in [0.15, 0.2) is 0 Å². The number of benzene rings is 11. The standard InChI is InChI=1S/C58H36N2O/c1-2-15-42(16-3-1)60-55-34-40(26-30-50(55)52-31-24-38-12-4-8-18-46(38)57(52)60)37-22-27-43(28-23-37)59(54-35-41-14-6-7-17-45(41)48-20-10-11-21-49(48)54)44-29-33-51-53-32-25-39-13-5-9-19-47(39)58(53)61-56(51)36-44/h1-36H. The number of fused-ring (bicyclic) bond motifs is 13. The molecule has 2 aromatic heterocycles. The fraction of sp³-hybridized carbons (Fsp3) is 0. The summed E-state index contributed by atoms with van der Waals surface area (Å²) in [5.74, 6) is 0. The van der Waals surface area contributed by atoms with Crippen LogP contribution in [-0.2, 0) is 0 Å². The van der Waals surface area contributed by atoms with Crippen molar-refractivity contribution in [3.63, 3.8) is 0 Å². The van der Waals surface area contributed by atoms with E-state index in [1.54, 1.807) is 0 Å². The molecule has 13 rings (SSSR count). The number of furan rings is 1. The molecular weight excluding hydrogens is 741 g/mol. The predicted octanol–water partition coefficient (Wildman–Crippen LogP) is 16.4. The topological polar surface area (TPSA) is 21.3 Å². The van der Waals surface area contributed by atoms with Crippen molar-refractivity contribution >= 4 is 104 Å². The molecule has 0 unspecified atom stereocenters. The Hall–Kier alpha value is -8.14. The molecule has 0 saturated carbocycles. The van der Waals surface area contributed by atoms with E-state index in [1.165, 1.54) is 65.1 Å². The predicted molar refractivity (Wildman–Crippen MR) is 258 cm³/mol. The summed E-state index contributed by atoms with van der Waals surface area (Å²) < 4.78 is 9.20. The first kappa shape index (κ1) is 33.8. The normalized spacial score (nSPS) is 11.9. The Morgan fingerprint density at radius 2 is 0.934 bits per heavy atom. The molecule has 0 bridgehead atoms. The Labute approximate surface area is 351 Å². The quantitative estimate of drug-likeness (QED) is 0.162. The molecule has 0 radical (unpaired) electrons. The van der Waals surface area contributed by atoms with Crippen LogP contribution in [0, 0.1) is 0 Å². The minimum absolute atomic E-state index is 0.866. The van der Waals surface area contributed by atoms with Gasteiger partial charge in [0, 0.05) is 60.8 Å². The lowest BCUT2D eigenvalue weighted by atomic mass is 9.98. The maximum atomic E-state index is 6.76. The lowest BCUT2D eigenvalue weighted by Crippen LogP contribution is -2.10. The average molecular weight is 777 g/mol. The van der Waals surface area contributed by atoms with Crippen LogP contribution >= 0.6 is 0 Å². The molecule has 0 N–H and O–H groups in total. The SMILES string of the molecule is c1ccc(-n2c3cc(-c4ccc(N(c5ccc6c(c5)oc5c7ccccc7ccc65)c5cc6ccccc6c6ccccc56)cc4)ccc3c3ccc4ccccc4c32)cc1. The zero-order chi connectivity index (χ0) is 40.0. The van der Waals surface area contributed by atoms with E-state index in [-0.39, 0.29) is 0 Å². The highest BCUT2D eigenvalue weighted by molar-refractivity contribution is 6.20. The minimum Gasteiger partial charge on any atom is -0.455 e. The van der Waals surface area contributed by atoms with Crippen LogP contribution < -0.4 is 4.90 Å². The molecular formula is C58H36N2O. The molecule has 3 heteroatoms. The Bertz CT molecular complexity index is 3880. The van der Waals surface area contributed by atoms with Gasteiger partial charge in [0.05, 0.1) is 16.7 Å². The van der Waals surface area contributed by atoms with Crippen molar-refractivity contribution in [3.05, 3.63) is 218 Å². The number of aromatic nitrogens is 1. The maximum Gasteiger partial charge on any atom is 0.143 e. The van der Waals surface area contributed by atoms with Crippen LogP contribution in [0.5, 0.6) is 0 Å². The van der Waals surface area contributed by atoms with Gasteiger partial charge in [0.25, 0.3) is 0 Å². The monoisotopic (exact) mass is 776 g/mol. The van der Waals surface area contributed by atoms with Crippen LogP contribution in [0.4, 0.5) is 17.1 Å². The summed E-state index contributed by atoms with van der Waals surface area (Å²) in [6.07, 6.45) is 0. The number of rotatable bonds is 5. The molecule has 284 valence electrons. The van der Waals surface area contributed by atoms with Crippen LogP contribution in [0.3, 0.4) is 0 Å². The third kappa shape index (κ3) is 5.17. The van der Waals surface area contributed by atoms with Gasteiger partial charge >= 0.3 is 0 Å². The maximum absolute atomic E-state index is 6.76. The Balaban J connectivity index is 0.999. The van der Waals surface area contributed by atoms with E-state index in [1.807, 2.05) is 0 Å². The average Bonchev–Trinajstić information content (AvgIpc) is 3.88. The van der Waals surface area contributed by atoms with Gasteiger partial charge in [-0.15, -0.1) is 0 Å². The van der Waals surface area contributed by atoms with Crippen LogP contribution in [0.15, 0.2) is 223 Å². The summed E-state index contributed by atoms with van der Waals surface area (Å²) in [6.45, 7) is 0. The summed E-state index contributed by atoms with van der Waals surface area (Å²) in [6, 6.07) is 79.3. The summed E-state index contributed by atoms with van der Waals surface area (Å²) in [4.78, 5) is 2.39. The molecule has 13 aromatic rings. The van der Waals surface area contributed by atoms with Crippen LogP contribution in [0.1, 0.15) is 0 Å². The molecule has 0 saturated heterocycles. The van der Waals surface area contributed by atoms with Crippen molar-refractivity contribution in [1.82, 2.24) is 4.57 Å². The molecule has 0 atom stereocenters. The highest BCUT2D eigenvalue weighted by Gasteiger charge is 2.21. The van der Waals surface area contributed by atoms with Crippen LogP contribution in [-0.4, -0.2) is 4.57 Å². The highest BCUT2D eigenvalue weighted by atomic mass is 16.3. The fourth-order valence-corrected chi connectivity index (χ4v) is 9.88. The smallest absolute Gasteiger partial charge is 0.143 e. The number of para-hydroxylation sites is 1. The Morgan fingerprint density at radius 1 is 0.344 bits per heavy atom. The van der Waals surface area contributed by atoms with Crippen LogP contribution in [0.25, 0.3) is 104 Å². The first-order valence-corrected chi connectivity index (χ1v) is 20.9. The molecule has 0 fully saturated rings. The van der Waals surface area contributed by atoms with Crippen molar-refractivity contribution in [1.29, 1.82) is 0 Å². The van der Waals surface area contributed by atoms with Gasteiger partial charge in [-0.25, -0.2) is 0 Å². The number of anilines is 3. The second-order valence-electron chi connectivity index (χ2n) is 16.1. The van der Waals surface area contributed by atoms with Gasteiger partial charge in [-0.05, 0) is 92.7 Å². The largest absolute Gasteiger partial charge is 0.455 e. The molecule has 0 aliphatic rings. The molecule has 0 amide bonds. The number of hydrogen-bond acceptors (Lipinski definition) is 2. The van der Waals surface area contributed by atoms with Gasteiger partial charge in [-0.1, -0.05) is 158 Å². The van der Waals surface area contributed by atoms with E-state index in [9.17, 15) is 0 Å². The number of nitrogens with zero attached hydrogens (tertiary/aromatic N) is 2. The van der Waals surface area contributed by atoms with Crippen molar-refractivity contribution in [2.45, 2.75) is 0 Å². The van der Waals surface area contributed by atoms with Crippen molar-refractivity contribution in [2.24, 2.45) is 0 Å². The van der Waals surface area contributed by atoms with E-state index in [0.717, 1.165) is 55.6 Å². The molecule has 11 aromatic carbocycles. The second kappa shape index (κ2) is 13.2. The molecule has 0 aliphatic heterocycles. The van der Waals surface area contributed by atoms with Gasteiger partial charge in [0.2, 0.25) is 0 Å². The minimum atomic E-state index is 0.866. The Kier molecular flexibility index (Phi) is 7.31. The van der Waals surface area contributed by atoms with E-state index in [0.29, 0.717) is 0 Å². The third-order valence-corrected chi connectivity index (χ3v) is 12.7. The zero-order valence-electron chi connectivity index (χ0n) is 33.1. The molecule has 2 heterocycles. The molecule has 61 heavy (non-hydrogen) atoms. The third-order valence-electron chi connectivity index (χ3n) is 12.7. The lowest BCUT2D eigenvalue weighted by Gasteiger charge is -2.27. The molecule has 3 nitrogen and oxygen atoms in total. The summed E-state index contributed by atoms with van der Waals surface area (Å²) >= 11 is 0. The molecule has 0 spiro atoms. The van der Waals surface area contributed by atoms with E-state index >= 15 is 0 Å². The summed E-state index contributed by atoms with van der Waals surface area (Å²) in [5, 5.41) is 14.4. The van der Waals surface area contributed by atoms with E-state index in [2.05, 4.69) is 228 Å². The van der Waals surface area contributed by atoms with Crippen molar-refractivity contribution in [2.75, 3.05) is 4.90 Å². The van der Waals surface area contributed by atoms with Crippen molar-refractivity contribution in [3.8, 4) is 16.8 Å². The first-order chi connectivity index (χ1) is 30.2. The number of hydrogen-bond donors (Lipinski definition) is 0. The fourth-order valence-electron chi connectivity index (χ4n) is 9.88. The van der Waals surface area contributed by atoms with Gasteiger partial charge < -0.3 is 13.9 Å². The lowest BCUT2D eigenvalue weighted by molar-refractivity contribution is 0.672. The Morgan fingerprint density at radius 3 is 1.74 bits per heavy atom. The van der Waals surface area contributed by atoms with Gasteiger partial charge in [0.1, 0.15) is 11.2 Å². The van der Waals surface area contributed by atoms with Gasteiger partial charge in [-0.3, -0.25) is 0 Å². The van der Waals surface area contributed by atoms with E-state index in [4.69, 9.17) is 4.42 Å². The summed E-state index contributed by atoms with van der Waals surface area (Å²) in [7, 11) is 0. The van der Waals surface area contributed by atoms with Crippen molar-refractivity contribution < 1.29 is 4.42 Å². The van der Waals surface area contributed by atoms with E-state index < -0.39 is 0 Å². The summed E-state index contributed by atoms with van der Waals surface area (Å²) in [5.41, 5.74) is 10.9. The zero-order valence-corrected chi connectivity index (χ0v) is 33.1. The second-order valence-corrected chi connectivity index (χ2v) is 16.1. The molecule has 0 aliphatic carbocycles. The highest BCUT2D eigenvalue weighted by Crippen LogP contribution is 2.45.